The number of hydrogen-bond donors (Lipinski definition) is 0. The van der Waals surface area contributed by atoms with E-state index in [4.69, 9.17) is 16.3 Å². The third kappa shape index (κ3) is 3.45. The van der Waals surface area contributed by atoms with E-state index in [1.54, 1.807) is 11.4 Å². The zero-order chi connectivity index (χ0) is 14.6. The third-order valence-electron chi connectivity index (χ3n) is 3.58. The first kappa shape index (κ1) is 15.6. The van der Waals surface area contributed by atoms with Gasteiger partial charge in [-0.1, -0.05) is 12.1 Å². The monoisotopic (exact) mass is 317 g/mol. The van der Waals surface area contributed by atoms with Gasteiger partial charge in [0, 0.05) is 18.5 Å². The van der Waals surface area contributed by atoms with Crippen molar-refractivity contribution in [3.8, 4) is 5.75 Å². The van der Waals surface area contributed by atoms with Crippen molar-refractivity contribution in [3.63, 3.8) is 0 Å². The summed E-state index contributed by atoms with van der Waals surface area (Å²) in [5.74, 6) is 1.25. The Morgan fingerprint density at radius 1 is 1.45 bits per heavy atom. The molecule has 1 heterocycles. The molecule has 1 aliphatic heterocycles. The summed E-state index contributed by atoms with van der Waals surface area (Å²) in [4.78, 5) is 0. The van der Waals surface area contributed by atoms with Gasteiger partial charge in [0.2, 0.25) is 10.0 Å². The molecule has 0 aromatic heterocycles. The second-order valence-corrected chi connectivity index (χ2v) is 7.32. The molecule has 6 heteroatoms. The maximum absolute atomic E-state index is 12.4. The van der Waals surface area contributed by atoms with Gasteiger partial charge in [-0.25, -0.2) is 8.42 Å². The smallest absolute Gasteiger partial charge is 0.214 e. The predicted molar refractivity (Wildman–Crippen MR) is 80.8 cm³/mol. The maximum atomic E-state index is 12.4. The molecule has 0 N–H and O–H groups in total. The van der Waals surface area contributed by atoms with Gasteiger partial charge in [-0.15, -0.1) is 11.6 Å². The van der Waals surface area contributed by atoms with Crippen molar-refractivity contribution in [2.24, 2.45) is 0 Å². The first-order valence-corrected chi connectivity index (χ1v) is 8.92. The van der Waals surface area contributed by atoms with Gasteiger partial charge in [-0.2, -0.15) is 4.31 Å². The number of methoxy groups -OCH3 is 1. The number of alkyl halides is 1. The van der Waals surface area contributed by atoms with Crippen molar-refractivity contribution in [1.29, 1.82) is 0 Å². The van der Waals surface area contributed by atoms with E-state index >= 15 is 0 Å². The van der Waals surface area contributed by atoms with Crippen LogP contribution >= 0.6 is 11.6 Å². The zero-order valence-corrected chi connectivity index (χ0v) is 13.2. The van der Waals surface area contributed by atoms with Crippen LogP contribution in [0.15, 0.2) is 24.3 Å². The van der Waals surface area contributed by atoms with Gasteiger partial charge in [0.25, 0.3) is 0 Å². The van der Waals surface area contributed by atoms with Crippen LogP contribution in [0.3, 0.4) is 0 Å². The fraction of sp³-hybridized carbons (Fsp3) is 0.571. The van der Waals surface area contributed by atoms with Crippen molar-refractivity contribution in [2.75, 3.05) is 25.3 Å². The van der Waals surface area contributed by atoms with Crippen LogP contribution in [0, 0.1) is 0 Å². The topological polar surface area (TPSA) is 46.6 Å². The van der Waals surface area contributed by atoms with E-state index < -0.39 is 10.0 Å². The van der Waals surface area contributed by atoms with Gasteiger partial charge in [-0.05, 0) is 37.0 Å². The summed E-state index contributed by atoms with van der Waals surface area (Å²) in [6.07, 6.45) is 2.24. The average Bonchev–Trinajstić information content (AvgIpc) is 2.95. The summed E-state index contributed by atoms with van der Waals surface area (Å²) in [5.41, 5.74) is 0.997. The Labute approximate surface area is 125 Å². The summed E-state index contributed by atoms with van der Waals surface area (Å²) in [6, 6.07) is 7.56. The Balaban J connectivity index is 2.22. The molecule has 1 fully saturated rings. The molecule has 1 aliphatic rings. The van der Waals surface area contributed by atoms with Crippen LogP contribution in [-0.2, 0) is 10.0 Å². The standard InChI is InChI=1S/C14H20ClNO3S/c1-19-13-6-2-5-12(11-13)14-7-3-9-16(14)20(17,18)10-4-8-15/h2,5-6,11,14H,3-4,7-10H2,1H3. The molecule has 0 saturated carbocycles. The summed E-state index contributed by atoms with van der Waals surface area (Å²) < 4.78 is 31.6. The summed E-state index contributed by atoms with van der Waals surface area (Å²) in [6.45, 7) is 0.590. The van der Waals surface area contributed by atoms with Crippen molar-refractivity contribution in [1.82, 2.24) is 4.31 Å². The Kier molecular flexibility index (Phi) is 5.29. The van der Waals surface area contributed by atoms with Gasteiger partial charge in [-0.3, -0.25) is 0 Å². The number of rotatable bonds is 6. The quantitative estimate of drug-likeness (QED) is 0.758. The van der Waals surface area contributed by atoms with Crippen molar-refractivity contribution in [3.05, 3.63) is 29.8 Å². The molecule has 0 radical (unpaired) electrons. The van der Waals surface area contributed by atoms with Crippen LogP contribution in [0.2, 0.25) is 0 Å². The fourth-order valence-corrected chi connectivity index (χ4v) is 4.67. The molecule has 1 aromatic carbocycles. The molecular formula is C14H20ClNO3S. The Morgan fingerprint density at radius 3 is 2.95 bits per heavy atom. The molecule has 0 spiro atoms. The summed E-state index contributed by atoms with van der Waals surface area (Å²) >= 11 is 5.61. The highest BCUT2D eigenvalue weighted by Crippen LogP contribution is 2.35. The van der Waals surface area contributed by atoms with Crippen molar-refractivity contribution < 1.29 is 13.2 Å². The molecule has 0 amide bonds. The molecule has 0 aliphatic carbocycles. The molecule has 20 heavy (non-hydrogen) atoms. The lowest BCUT2D eigenvalue weighted by Gasteiger charge is -2.24. The number of benzene rings is 1. The lowest BCUT2D eigenvalue weighted by atomic mass is 10.1. The molecule has 1 aromatic rings. The van der Waals surface area contributed by atoms with E-state index in [1.165, 1.54) is 0 Å². The Hall–Kier alpha value is -0.780. The highest BCUT2D eigenvalue weighted by atomic mass is 35.5. The Morgan fingerprint density at radius 2 is 2.25 bits per heavy atom. The molecule has 1 unspecified atom stereocenters. The second kappa shape index (κ2) is 6.78. The first-order chi connectivity index (χ1) is 9.58. The number of ether oxygens (including phenoxy) is 1. The van der Waals surface area contributed by atoms with Gasteiger partial charge < -0.3 is 4.74 Å². The van der Waals surface area contributed by atoms with Gasteiger partial charge in [0.05, 0.1) is 12.9 Å². The van der Waals surface area contributed by atoms with E-state index in [0.29, 0.717) is 18.8 Å². The van der Waals surface area contributed by atoms with Crippen LogP contribution < -0.4 is 4.74 Å². The summed E-state index contributed by atoms with van der Waals surface area (Å²) in [7, 11) is -1.62. The molecule has 4 nitrogen and oxygen atoms in total. The molecule has 1 atom stereocenters. The minimum atomic E-state index is -3.23. The van der Waals surface area contributed by atoms with Crippen molar-refractivity contribution in [2.45, 2.75) is 25.3 Å². The van der Waals surface area contributed by atoms with E-state index in [0.717, 1.165) is 24.2 Å². The number of nitrogens with zero attached hydrogens (tertiary/aromatic N) is 1. The van der Waals surface area contributed by atoms with E-state index in [-0.39, 0.29) is 11.8 Å². The number of halogens is 1. The van der Waals surface area contributed by atoms with Gasteiger partial charge in [0.1, 0.15) is 5.75 Å². The largest absolute Gasteiger partial charge is 0.497 e. The molecule has 2 rings (SSSR count). The van der Waals surface area contributed by atoms with E-state index in [2.05, 4.69) is 0 Å². The highest BCUT2D eigenvalue weighted by Gasteiger charge is 2.34. The minimum absolute atomic E-state index is 0.0783. The average molecular weight is 318 g/mol. The zero-order valence-electron chi connectivity index (χ0n) is 11.6. The van der Waals surface area contributed by atoms with Crippen LogP contribution in [-0.4, -0.2) is 38.0 Å². The van der Waals surface area contributed by atoms with Crippen LogP contribution in [0.1, 0.15) is 30.9 Å². The van der Waals surface area contributed by atoms with Crippen LogP contribution in [0.4, 0.5) is 0 Å². The molecule has 1 saturated heterocycles. The lowest BCUT2D eigenvalue weighted by Crippen LogP contribution is -2.32. The number of sulfonamides is 1. The SMILES string of the molecule is COc1cccc(C2CCCN2S(=O)(=O)CCCCl)c1. The highest BCUT2D eigenvalue weighted by molar-refractivity contribution is 7.89. The van der Waals surface area contributed by atoms with E-state index in [1.807, 2.05) is 24.3 Å². The predicted octanol–water partition coefficient (Wildman–Crippen LogP) is 2.79. The van der Waals surface area contributed by atoms with E-state index in [9.17, 15) is 8.42 Å². The maximum Gasteiger partial charge on any atom is 0.214 e. The van der Waals surface area contributed by atoms with Gasteiger partial charge in [0.15, 0.2) is 0 Å². The van der Waals surface area contributed by atoms with Crippen molar-refractivity contribution >= 4 is 21.6 Å². The van der Waals surface area contributed by atoms with Crippen LogP contribution in [0.25, 0.3) is 0 Å². The number of hydrogen-bond acceptors (Lipinski definition) is 3. The van der Waals surface area contributed by atoms with Crippen LogP contribution in [0.5, 0.6) is 5.75 Å². The fourth-order valence-electron chi connectivity index (χ4n) is 2.61. The third-order valence-corrected chi connectivity index (χ3v) is 5.80. The Bertz CT molecular complexity index is 547. The second-order valence-electron chi connectivity index (χ2n) is 4.90. The molecule has 0 bridgehead atoms. The normalized spacial score (nSPS) is 20.2. The lowest BCUT2D eigenvalue weighted by molar-refractivity contribution is 0.390. The molecule has 112 valence electrons. The first-order valence-electron chi connectivity index (χ1n) is 6.78. The molecular weight excluding hydrogens is 298 g/mol. The van der Waals surface area contributed by atoms with Gasteiger partial charge >= 0.3 is 0 Å². The minimum Gasteiger partial charge on any atom is -0.497 e. The summed E-state index contributed by atoms with van der Waals surface area (Å²) in [5, 5.41) is 0.